The van der Waals surface area contributed by atoms with Gasteiger partial charge in [-0.1, -0.05) is 0 Å². The molecule has 1 aromatic heterocycles. The van der Waals surface area contributed by atoms with Crippen LogP contribution in [0.2, 0.25) is 0 Å². The monoisotopic (exact) mass is 269 g/mol. The van der Waals surface area contributed by atoms with Crippen LogP contribution in [0.5, 0.6) is 5.75 Å². The summed E-state index contributed by atoms with van der Waals surface area (Å²) >= 11 is 3.32. The molecule has 0 fully saturated rings. The van der Waals surface area contributed by atoms with Crippen LogP contribution in [0, 0.1) is 12.7 Å². The number of hydrogen-bond acceptors (Lipinski definition) is 2. The molecule has 0 amide bonds. The maximum atomic E-state index is 13.7. The molecule has 15 heavy (non-hydrogen) atoms. The Hall–Kier alpha value is -1.16. The van der Waals surface area contributed by atoms with Crippen molar-refractivity contribution in [2.75, 3.05) is 7.11 Å². The molecule has 0 bridgehead atoms. The van der Waals surface area contributed by atoms with Crippen LogP contribution in [-0.2, 0) is 0 Å². The Morgan fingerprint density at radius 1 is 1.40 bits per heavy atom. The molecule has 0 unspecified atom stereocenters. The van der Waals surface area contributed by atoms with Gasteiger partial charge in [-0.05, 0) is 35.0 Å². The zero-order valence-electron chi connectivity index (χ0n) is 8.34. The van der Waals surface area contributed by atoms with E-state index in [2.05, 4.69) is 20.9 Å². The van der Waals surface area contributed by atoms with E-state index in [0.29, 0.717) is 11.1 Å². The van der Waals surface area contributed by atoms with Crippen molar-refractivity contribution in [3.05, 3.63) is 34.2 Å². The highest BCUT2D eigenvalue weighted by Crippen LogP contribution is 2.29. The highest BCUT2D eigenvalue weighted by Gasteiger charge is 2.11. The van der Waals surface area contributed by atoms with Crippen LogP contribution in [0.3, 0.4) is 0 Å². The number of benzene rings is 1. The quantitative estimate of drug-likeness (QED) is 0.791. The molecule has 0 aliphatic carbocycles. The van der Waals surface area contributed by atoms with Crippen LogP contribution in [0.25, 0.3) is 10.9 Å². The van der Waals surface area contributed by atoms with Gasteiger partial charge in [0.05, 0.1) is 12.6 Å². The van der Waals surface area contributed by atoms with Gasteiger partial charge in [-0.25, -0.2) is 4.39 Å². The number of aromatic nitrogens is 1. The first-order chi connectivity index (χ1) is 7.13. The summed E-state index contributed by atoms with van der Waals surface area (Å²) in [5.74, 6) is -0.0975. The number of hydrogen-bond donors (Lipinski definition) is 0. The van der Waals surface area contributed by atoms with Crippen molar-refractivity contribution in [2.24, 2.45) is 0 Å². The Morgan fingerprint density at radius 3 is 2.80 bits per heavy atom. The molecular weight excluding hydrogens is 261 g/mol. The van der Waals surface area contributed by atoms with Crippen LogP contribution < -0.4 is 4.74 Å². The topological polar surface area (TPSA) is 22.1 Å². The summed E-state index contributed by atoms with van der Waals surface area (Å²) in [6.07, 6.45) is 1.65. The molecule has 0 radical (unpaired) electrons. The molecule has 2 rings (SSSR count). The maximum absolute atomic E-state index is 13.7. The normalized spacial score (nSPS) is 10.7. The Morgan fingerprint density at radius 2 is 2.13 bits per heavy atom. The minimum atomic E-state index is -0.347. The van der Waals surface area contributed by atoms with Crippen LogP contribution in [-0.4, -0.2) is 12.1 Å². The van der Waals surface area contributed by atoms with E-state index >= 15 is 0 Å². The van der Waals surface area contributed by atoms with Crippen LogP contribution in [0.15, 0.2) is 22.8 Å². The summed E-state index contributed by atoms with van der Waals surface area (Å²) < 4.78 is 19.5. The second kappa shape index (κ2) is 3.77. The standard InChI is InChI=1S/C11H9BrFNO/c1-6-10(13)9(15-2)4-7-3-8(12)5-14-11(6)7/h3-5H,1-2H3. The number of rotatable bonds is 1. The van der Waals surface area contributed by atoms with Gasteiger partial charge < -0.3 is 4.74 Å². The van der Waals surface area contributed by atoms with Crippen molar-refractivity contribution in [2.45, 2.75) is 6.92 Å². The molecule has 2 nitrogen and oxygen atoms in total. The first-order valence-corrected chi connectivity index (χ1v) is 5.21. The van der Waals surface area contributed by atoms with Gasteiger partial charge in [0.15, 0.2) is 11.6 Å². The lowest BCUT2D eigenvalue weighted by Crippen LogP contribution is -1.94. The Kier molecular flexibility index (Phi) is 2.61. The number of pyridine rings is 1. The summed E-state index contributed by atoms with van der Waals surface area (Å²) in [6, 6.07) is 3.53. The smallest absolute Gasteiger partial charge is 0.170 e. The lowest BCUT2D eigenvalue weighted by atomic mass is 10.1. The van der Waals surface area contributed by atoms with Crippen molar-refractivity contribution in [1.82, 2.24) is 4.98 Å². The molecule has 0 saturated heterocycles. The molecule has 4 heteroatoms. The summed E-state index contributed by atoms with van der Waals surface area (Å²) in [7, 11) is 1.45. The number of methoxy groups -OCH3 is 1. The van der Waals surface area contributed by atoms with Gasteiger partial charge in [0, 0.05) is 21.6 Å². The molecule has 0 aliphatic rings. The van der Waals surface area contributed by atoms with E-state index in [1.54, 1.807) is 19.2 Å². The third-order valence-electron chi connectivity index (χ3n) is 2.29. The highest BCUT2D eigenvalue weighted by atomic mass is 79.9. The first kappa shape index (κ1) is 10.4. The minimum absolute atomic E-state index is 0.250. The molecule has 2 aromatic rings. The van der Waals surface area contributed by atoms with Gasteiger partial charge in [0.1, 0.15) is 0 Å². The van der Waals surface area contributed by atoms with E-state index in [1.807, 2.05) is 6.07 Å². The SMILES string of the molecule is COc1cc2cc(Br)cnc2c(C)c1F. The Labute approximate surface area is 95.2 Å². The number of ether oxygens (including phenoxy) is 1. The minimum Gasteiger partial charge on any atom is -0.494 e. The van der Waals surface area contributed by atoms with Gasteiger partial charge in [-0.15, -0.1) is 0 Å². The molecule has 0 N–H and O–H groups in total. The molecule has 1 heterocycles. The second-order valence-electron chi connectivity index (χ2n) is 3.24. The van der Waals surface area contributed by atoms with Gasteiger partial charge in [-0.3, -0.25) is 4.98 Å². The lowest BCUT2D eigenvalue weighted by molar-refractivity contribution is 0.386. The third kappa shape index (κ3) is 1.69. The molecule has 0 atom stereocenters. The van der Waals surface area contributed by atoms with Gasteiger partial charge in [-0.2, -0.15) is 0 Å². The fourth-order valence-electron chi connectivity index (χ4n) is 1.52. The van der Waals surface area contributed by atoms with Crippen molar-refractivity contribution in [3.63, 3.8) is 0 Å². The second-order valence-corrected chi connectivity index (χ2v) is 4.16. The average Bonchev–Trinajstić information content (AvgIpc) is 2.23. The molecule has 0 saturated carbocycles. The number of halogens is 2. The highest BCUT2D eigenvalue weighted by molar-refractivity contribution is 9.10. The van der Waals surface area contributed by atoms with Crippen LogP contribution in [0.4, 0.5) is 4.39 Å². The zero-order chi connectivity index (χ0) is 11.0. The molecular formula is C11H9BrFNO. The van der Waals surface area contributed by atoms with E-state index in [-0.39, 0.29) is 11.6 Å². The predicted molar refractivity (Wildman–Crippen MR) is 60.7 cm³/mol. The fraction of sp³-hybridized carbons (Fsp3) is 0.182. The van der Waals surface area contributed by atoms with E-state index in [0.717, 1.165) is 9.86 Å². The molecule has 0 spiro atoms. The first-order valence-electron chi connectivity index (χ1n) is 4.42. The fourth-order valence-corrected chi connectivity index (χ4v) is 1.87. The molecule has 0 aliphatic heterocycles. The van der Waals surface area contributed by atoms with Crippen LogP contribution >= 0.6 is 15.9 Å². The van der Waals surface area contributed by atoms with E-state index in [1.165, 1.54) is 7.11 Å². The van der Waals surface area contributed by atoms with E-state index in [9.17, 15) is 4.39 Å². The van der Waals surface area contributed by atoms with E-state index < -0.39 is 0 Å². The Bertz CT molecular complexity index is 527. The van der Waals surface area contributed by atoms with Crippen molar-refractivity contribution in [1.29, 1.82) is 0 Å². The third-order valence-corrected chi connectivity index (χ3v) is 2.72. The lowest BCUT2D eigenvalue weighted by Gasteiger charge is -2.07. The molecule has 78 valence electrons. The van der Waals surface area contributed by atoms with Crippen molar-refractivity contribution >= 4 is 26.8 Å². The van der Waals surface area contributed by atoms with Gasteiger partial charge >= 0.3 is 0 Å². The summed E-state index contributed by atoms with van der Waals surface area (Å²) in [4.78, 5) is 4.17. The van der Waals surface area contributed by atoms with E-state index in [4.69, 9.17) is 4.74 Å². The number of aryl methyl sites for hydroxylation is 1. The maximum Gasteiger partial charge on any atom is 0.170 e. The van der Waals surface area contributed by atoms with Gasteiger partial charge in [0.2, 0.25) is 0 Å². The van der Waals surface area contributed by atoms with Crippen molar-refractivity contribution < 1.29 is 9.13 Å². The summed E-state index contributed by atoms with van der Waals surface area (Å²) in [5.41, 5.74) is 1.17. The summed E-state index contributed by atoms with van der Waals surface area (Å²) in [5, 5.41) is 0.861. The van der Waals surface area contributed by atoms with Gasteiger partial charge in [0.25, 0.3) is 0 Å². The summed E-state index contributed by atoms with van der Waals surface area (Å²) in [6.45, 7) is 1.70. The van der Waals surface area contributed by atoms with Crippen LogP contribution in [0.1, 0.15) is 5.56 Å². The Balaban J connectivity index is 2.84. The van der Waals surface area contributed by atoms with Crippen molar-refractivity contribution in [3.8, 4) is 5.75 Å². The number of nitrogens with zero attached hydrogens (tertiary/aromatic N) is 1. The molecule has 1 aromatic carbocycles. The zero-order valence-corrected chi connectivity index (χ0v) is 9.93. The number of fused-ring (bicyclic) bond motifs is 1. The average molecular weight is 270 g/mol. The largest absolute Gasteiger partial charge is 0.494 e. The predicted octanol–water partition coefficient (Wildman–Crippen LogP) is 3.45.